The molecule has 0 saturated heterocycles. The molecule has 2 aromatic carbocycles. The molecule has 1 unspecified atom stereocenters. The minimum atomic E-state index is -0.778. The van der Waals surface area contributed by atoms with E-state index in [0.717, 1.165) is 59.3 Å². The van der Waals surface area contributed by atoms with Gasteiger partial charge in [0.25, 0.3) is 0 Å². The number of rotatable bonds is 9. The van der Waals surface area contributed by atoms with E-state index in [1.165, 1.54) is 18.2 Å². The van der Waals surface area contributed by atoms with Gasteiger partial charge in [0.05, 0.1) is 29.7 Å². The molecule has 42 heavy (non-hydrogen) atoms. The average Bonchev–Trinajstić information content (AvgIpc) is 3.71. The Morgan fingerprint density at radius 3 is 2.52 bits per heavy atom. The highest BCUT2D eigenvalue weighted by Crippen LogP contribution is 2.55. The molecule has 1 fully saturated rings. The van der Waals surface area contributed by atoms with Crippen molar-refractivity contribution in [1.82, 2.24) is 0 Å². The van der Waals surface area contributed by atoms with E-state index >= 15 is 0 Å². The fraction of sp³-hybridized carbons (Fsp3) is 0.333. The van der Waals surface area contributed by atoms with Gasteiger partial charge >= 0.3 is 12.1 Å². The lowest BCUT2D eigenvalue weighted by atomic mass is 9.84. The molecule has 0 radical (unpaired) electrons. The summed E-state index contributed by atoms with van der Waals surface area (Å²) in [6, 6.07) is 11.1. The van der Waals surface area contributed by atoms with E-state index in [9.17, 15) is 18.4 Å². The summed E-state index contributed by atoms with van der Waals surface area (Å²) in [6.45, 7) is 5.66. The molecule has 1 atom stereocenters. The lowest BCUT2D eigenvalue weighted by molar-refractivity contribution is -0.148. The summed E-state index contributed by atoms with van der Waals surface area (Å²) >= 11 is 0.896. The minimum absolute atomic E-state index is 0.134. The van der Waals surface area contributed by atoms with Gasteiger partial charge in [-0.3, -0.25) is 10.1 Å². The highest BCUT2D eigenvalue weighted by molar-refractivity contribution is 7.14. The molecule has 2 aliphatic rings. The summed E-state index contributed by atoms with van der Waals surface area (Å²) in [5.74, 6) is 0.0553. The topological polar surface area (TPSA) is 73.9 Å². The zero-order valence-corrected chi connectivity index (χ0v) is 24.8. The molecule has 0 bridgehead atoms. The number of amides is 1. The molecule has 1 N–H and O–H groups in total. The molecule has 220 valence electrons. The van der Waals surface area contributed by atoms with Crippen LogP contribution in [0.5, 0.6) is 5.75 Å². The van der Waals surface area contributed by atoms with Crippen LogP contribution in [0.4, 0.5) is 19.3 Å². The second-order valence-corrected chi connectivity index (χ2v) is 11.6. The third-order valence-corrected chi connectivity index (χ3v) is 8.86. The molecule has 6 nitrogen and oxygen atoms in total. The van der Waals surface area contributed by atoms with Crippen LogP contribution in [0.2, 0.25) is 0 Å². The van der Waals surface area contributed by atoms with Gasteiger partial charge in [-0.1, -0.05) is 35.9 Å². The number of ether oxygens (including phenoxy) is 3. The number of halogens is 2. The first-order valence-corrected chi connectivity index (χ1v) is 14.8. The molecular weight excluding hydrogens is 560 g/mol. The van der Waals surface area contributed by atoms with E-state index in [2.05, 4.69) is 5.32 Å². The van der Waals surface area contributed by atoms with Crippen molar-refractivity contribution in [3.8, 4) is 16.2 Å². The van der Waals surface area contributed by atoms with Gasteiger partial charge in [-0.2, -0.15) is 4.39 Å². The Morgan fingerprint density at radius 1 is 1.07 bits per heavy atom. The number of esters is 1. The van der Waals surface area contributed by atoms with Crippen LogP contribution < -0.4 is 10.1 Å². The monoisotopic (exact) mass is 593 g/mol. The van der Waals surface area contributed by atoms with Crippen LogP contribution in [-0.4, -0.2) is 25.8 Å². The van der Waals surface area contributed by atoms with Gasteiger partial charge in [0.2, 0.25) is 0 Å². The van der Waals surface area contributed by atoms with Crippen molar-refractivity contribution >= 4 is 34.7 Å². The first-order chi connectivity index (χ1) is 20.1. The van der Waals surface area contributed by atoms with Crippen LogP contribution in [0.3, 0.4) is 0 Å². The fourth-order valence-corrected chi connectivity index (χ4v) is 6.33. The molecule has 5 rings (SSSR count). The molecular formula is C33H33F2NO5S. The number of carbonyl (C=O) groups excluding carboxylic acids is 2. The molecule has 1 amide bonds. The van der Waals surface area contributed by atoms with Crippen molar-refractivity contribution < 1.29 is 32.6 Å². The van der Waals surface area contributed by atoms with Crippen LogP contribution in [0.15, 0.2) is 60.2 Å². The highest BCUT2D eigenvalue weighted by Gasteiger charge is 2.53. The van der Waals surface area contributed by atoms with Crippen molar-refractivity contribution in [2.24, 2.45) is 5.41 Å². The maximum absolute atomic E-state index is 14.4. The Labute approximate surface area is 248 Å². The zero-order valence-electron chi connectivity index (χ0n) is 24.0. The van der Waals surface area contributed by atoms with Gasteiger partial charge < -0.3 is 14.2 Å². The summed E-state index contributed by atoms with van der Waals surface area (Å²) in [6.07, 6.45) is 5.73. The Balaban J connectivity index is 1.34. The Bertz CT molecular complexity index is 1590. The van der Waals surface area contributed by atoms with Crippen LogP contribution in [0.25, 0.3) is 16.0 Å². The molecule has 9 heteroatoms. The van der Waals surface area contributed by atoms with Gasteiger partial charge in [-0.15, -0.1) is 11.3 Å². The zero-order chi connectivity index (χ0) is 30.0. The van der Waals surface area contributed by atoms with E-state index in [4.69, 9.17) is 14.2 Å². The number of anilines is 1. The molecule has 3 aromatic rings. The summed E-state index contributed by atoms with van der Waals surface area (Å²) < 4.78 is 44.7. The highest BCUT2D eigenvalue weighted by atomic mass is 32.1. The third kappa shape index (κ3) is 5.97. The molecule has 2 aliphatic carbocycles. The summed E-state index contributed by atoms with van der Waals surface area (Å²) in [5.41, 5.74) is 4.89. The van der Waals surface area contributed by atoms with Gasteiger partial charge in [0.15, 0.2) is 5.13 Å². The number of carbonyl (C=O) groups is 2. The number of hydrogen-bond acceptors (Lipinski definition) is 6. The van der Waals surface area contributed by atoms with Crippen molar-refractivity contribution in [2.45, 2.75) is 52.6 Å². The van der Waals surface area contributed by atoms with E-state index in [1.807, 2.05) is 44.2 Å². The second kappa shape index (κ2) is 12.1. The van der Waals surface area contributed by atoms with Crippen molar-refractivity contribution in [3.05, 3.63) is 87.8 Å². The predicted octanol–water partition coefficient (Wildman–Crippen LogP) is 8.77. The average molecular weight is 594 g/mol. The molecule has 0 aliphatic heterocycles. The van der Waals surface area contributed by atoms with Crippen LogP contribution >= 0.6 is 11.3 Å². The Morgan fingerprint density at radius 2 is 1.86 bits per heavy atom. The van der Waals surface area contributed by atoms with E-state index < -0.39 is 28.6 Å². The van der Waals surface area contributed by atoms with Gasteiger partial charge in [0, 0.05) is 11.6 Å². The third-order valence-electron chi connectivity index (χ3n) is 7.89. The number of nitrogens with one attached hydrogen (secondary N) is 1. The second-order valence-electron chi connectivity index (χ2n) is 10.6. The molecule has 0 spiro atoms. The summed E-state index contributed by atoms with van der Waals surface area (Å²) in [7, 11) is 1.58. The molecule has 1 heterocycles. The van der Waals surface area contributed by atoms with Crippen LogP contribution in [-0.2, 0) is 14.3 Å². The lowest BCUT2D eigenvalue weighted by Gasteiger charge is -2.22. The van der Waals surface area contributed by atoms with E-state index in [0.29, 0.717) is 28.4 Å². The standard InChI is InChI=1S/C33H33F2NO5S/c1-5-40-31(37)33(14-15-33)23-10-7-21(8-11-23)25-13-9-22(16-28(25)39-4)30-27(18-29(35)42-30)36-32(38)41-20(3)26-17-24(34)12-6-19(26)2/h6-7,9-10,12-13,16-18,20H,5,8,11,14-15H2,1-4H3,(H,36,38). The lowest BCUT2D eigenvalue weighted by Crippen LogP contribution is -2.22. The molecule has 1 saturated carbocycles. The first kappa shape index (κ1) is 29.5. The van der Waals surface area contributed by atoms with Crippen molar-refractivity contribution in [2.75, 3.05) is 19.0 Å². The molecule has 1 aromatic heterocycles. The quantitative estimate of drug-likeness (QED) is 0.251. The van der Waals surface area contributed by atoms with Crippen LogP contribution in [0.1, 0.15) is 62.3 Å². The van der Waals surface area contributed by atoms with Crippen molar-refractivity contribution in [1.29, 1.82) is 0 Å². The van der Waals surface area contributed by atoms with Crippen molar-refractivity contribution in [3.63, 3.8) is 0 Å². The Kier molecular flexibility index (Phi) is 8.50. The van der Waals surface area contributed by atoms with E-state index in [1.54, 1.807) is 20.1 Å². The maximum atomic E-state index is 14.4. The summed E-state index contributed by atoms with van der Waals surface area (Å²) in [5, 5.41) is 2.17. The number of benzene rings is 2. The maximum Gasteiger partial charge on any atom is 0.412 e. The number of hydrogen-bond donors (Lipinski definition) is 1. The minimum Gasteiger partial charge on any atom is -0.496 e. The SMILES string of the molecule is CCOC(=O)C1(C2=CC=C(c3ccc(-c4sc(F)cc4NC(=O)OC(C)c4cc(F)ccc4C)cc3OC)CC2)CC1. The summed E-state index contributed by atoms with van der Waals surface area (Å²) in [4.78, 5) is 25.8. The Hall–Kier alpha value is -3.98. The van der Waals surface area contributed by atoms with Crippen LogP contribution in [0, 0.1) is 23.3 Å². The normalized spacial score (nSPS) is 16.1. The first-order valence-electron chi connectivity index (χ1n) is 13.9. The number of allylic oxidation sites excluding steroid dienone is 3. The number of thiophene rings is 1. The van der Waals surface area contributed by atoms with E-state index in [-0.39, 0.29) is 11.7 Å². The van der Waals surface area contributed by atoms with Gasteiger partial charge in [-0.05, 0) is 86.9 Å². The number of methoxy groups -OCH3 is 1. The largest absolute Gasteiger partial charge is 0.496 e. The smallest absolute Gasteiger partial charge is 0.412 e. The van der Waals surface area contributed by atoms with Gasteiger partial charge in [0.1, 0.15) is 17.7 Å². The predicted molar refractivity (Wildman–Crippen MR) is 160 cm³/mol. The fourth-order valence-electron chi connectivity index (χ4n) is 5.49. The van der Waals surface area contributed by atoms with Gasteiger partial charge in [-0.25, -0.2) is 9.18 Å². The number of aryl methyl sites for hydroxylation is 1.